The molecule has 1 aromatic heterocycles. The summed E-state index contributed by atoms with van der Waals surface area (Å²) < 4.78 is 41.0. The third-order valence-electron chi connectivity index (χ3n) is 2.32. The van der Waals surface area contributed by atoms with E-state index in [1.54, 1.807) is 6.07 Å². The smallest absolute Gasteiger partial charge is 0.359 e. The van der Waals surface area contributed by atoms with Crippen molar-refractivity contribution in [3.63, 3.8) is 0 Å². The second kappa shape index (κ2) is 9.03. The Balaban J connectivity index is 0.00000361. The Bertz CT molecular complexity index is 420. The molecule has 20 heavy (non-hydrogen) atoms. The lowest BCUT2D eigenvalue weighted by molar-refractivity contribution is -0.132. The summed E-state index contributed by atoms with van der Waals surface area (Å²) in [6, 6.07) is 1.79. The van der Waals surface area contributed by atoms with Crippen LogP contribution in [-0.2, 0) is 13.0 Å². The van der Waals surface area contributed by atoms with Crippen LogP contribution in [-0.4, -0.2) is 30.9 Å². The van der Waals surface area contributed by atoms with Gasteiger partial charge in [-0.05, 0) is 6.42 Å². The molecular formula is C11H18F3IN4O. The van der Waals surface area contributed by atoms with Crippen LogP contribution in [0.25, 0.3) is 0 Å². The molecule has 0 aromatic carbocycles. The Hall–Kier alpha value is -1.00. The van der Waals surface area contributed by atoms with Gasteiger partial charge in [-0.3, -0.25) is 4.99 Å². The van der Waals surface area contributed by atoms with E-state index in [4.69, 9.17) is 4.52 Å². The second-order valence-electron chi connectivity index (χ2n) is 3.86. The van der Waals surface area contributed by atoms with Crippen LogP contribution in [0.2, 0.25) is 0 Å². The van der Waals surface area contributed by atoms with Gasteiger partial charge < -0.3 is 15.2 Å². The van der Waals surface area contributed by atoms with Gasteiger partial charge in [0.05, 0.1) is 18.7 Å². The number of aryl methyl sites for hydroxylation is 1. The molecule has 0 unspecified atom stereocenters. The molecule has 1 aromatic rings. The molecule has 0 aliphatic heterocycles. The van der Waals surface area contributed by atoms with Gasteiger partial charge in [-0.15, -0.1) is 24.0 Å². The van der Waals surface area contributed by atoms with Crippen LogP contribution in [0.4, 0.5) is 13.2 Å². The Labute approximate surface area is 132 Å². The normalized spacial score (nSPS) is 11.9. The molecule has 2 N–H and O–H groups in total. The van der Waals surface area contributed by atoms with E-state index in [-0.39, 0.29) is 30.5 Å². The summed E-state index contributed by atoms with van der Waals surface area (Å²) in [4.78, 5) is 3.81. The van der Waals surface area contributed by atoms with E-state index in [1.807, 2.05) is 6.92 Å². The van der Waals surface area contributed by atoms with Crippen LogP contribution >= 0.6 is 24.0 Å². The standard InChI is InChI=1S/C11H17F3N4O.HI/c1-3-8-6-9(19-18-8)7-17-10(15-2)16-5-4-11(12,13)14;/h6H,3-5,7H2,1-2H3,(H2,15,16,17);1H. The molecule has 0 radical (unpaired) electrons. The number of alkyl halides is 3. The molecule has 1 heterocycles. The first-order chi connectivity index (χ1) is 8.94. The number of guanidine groups is 1. The third-order valence-corrected chi connectivity index (χ3v) is 2.32. The Morgan fingerprint density at radius 2 is 2.10 bits per heavy atom. The molecule has 0 fully saturated rings. The van der Waals surface area contributed by atoms with Crippen molar-refractivity contribution in [2.75, 3.05) is 13.6 Å². The summed E-state index contributed by atoms with van der Waals surface area (Å²) in [6.07, 6.45) is -4.31. The fourth-order valence-electron chi connectivity index (χ4n) is 1.32. The van der Waals surface area contributed by atoms with E-state index in [2.05, 4.69) is 20.8 Å². The monoisotopic (exact) mass is 406 g/mol. The summed E-state index contributed by atoms with van der Waals surface area (Å²) in [5.41, 5.74) is 0.830. The molecule has 0 amide bonds. The summed E-state index contributed by atoms with van der Waals surface area (Å²) in [5, 5.41) is 9.23. The van der Waals surface area contributed by atoms with Crippen LogP contribution in [0.3, 0.4) is 0 Å². The molecule has 116 valence electrons. The molecule has 5 nitrogen and oxygen atoms in total. The quantitative estimate of drug-likeness (QED) is 0.448. The van der Waals surface area contributed by atoms with Crippen LogP contribution in [0.5, 0.6) is 0 Å². The first-order valence-corrected chi connectivity index (χ1v) is 5.90. The zero-order chi connectivity index (χ0) is 14.3. The van der Waals surface area contributed by atoms with Crippen molar-refractivity contribution in [1.29, 1.82) is 0 Å². The van der Waals surface area contributed by atoms with Gasteiger partial charge in [0.15, 0.2) is 11.7 Å². The molecule has 0 aliphatic rings. The number of nitrogens with zero attached hydrogens (tertiary/aromatic N) is 2. The van der Waals surface area contributed by atoms with Gasteiger partial charge in [0, 0.05) is 19.7 Å². The SMILES string of the molecule is CCc1cc(CNC(=NC)NCCC(F)(F)F)on1.I. The van der Waals surface area contributed by atoms with Gasteiger partial charge in [-0.1, -0.05) is 12.1 Å². The molecule has 0 saturated heterocycles. The molecule has 0 bridgehead atoms. The molecule has 0 spiro atoms. The number of halogens is 4. The summed E-state index contributed by atoms with van der Waals surface area (Å²) >= 11 is 0. The van der Waals surface area contributed by atoms with Crippen LogP contribution in [0.15, 0.2) is 15.6 Å². The zero-order valence-corrected chi connectivity index (χ0v) is 13.6. The van der Waals surface area contributed by atoms with E-state index in [1.165, 1.54) is 7.05 Å². The van der Waals surface area contributed by atoms with Gasteiger partial charge in [-0.2, -0.15) is 13.2 Å². The average Bonchev–Trinajstić information content (AvgIpc) is 2.80. The highest BCUT2D eigenvalue weighted by Gasteiger charge is 2.26. The highest BCUT2D eigenvalue weighted by atomic mass is 127. The minimum absolute atomic E-state index is 0. The summed E-state index contributed by atoms with van der Waals surface area (Å²) in [7, 11) is 1.49. The Morgan fingerprint density at radius 3 is 2.60 bits per heavy atom. The lowest BCUT2D eigenvalue weighted by Crippen LogP contribution is -2.38. The van der Waals surface area contributed by atoms with E-state index in [0.717, 1.165) is 12.1 Å². The van der Waals surface area contributed by atoms with Crippen LogP contribution in [0, 0.1) is 0 Å². The number of hydrogen-bond donors (Lipinski definition) is 2. The zero-order valence-electron chi connectivity index (χ0n) is 11.3. The highest BCUT2D eigenvalue weighted by molar-refractivity contribution is 14.0. The van der Waals surface area contributed by atoms with Crippen molar-refractivity contribution in [2.24, 2.45) is 4.99 Å². The first kappa shape index (κ1) is 19.0. The van der Waals surface area contributed by atoms with Crippen molar-refractivity contribution in [3.05, 3.63) is 17.5 Å². The number of rotatable bonds is 5. The van der Waals surface area contributed by atoms with E-state index >= 15 is 0 Å². The van der Waals surface area contributed by atoms with Crippen LogP contribution in [0.1, 0.15) is 24.8 Å². The van der Waals surface area contributed by atoms with Gasteiger partial charge in [0.1, 0.15) is 0 Å². The second-order valence-corrected chi connectivity index (χ2v) is 3.86. The van der Waals surface area contributed by atoms with Crippen molar-refractivity contribution < 1.29 is 17.7 Å². The minimum Gasteiger partial charge on any atom is -0.359 e. The topological polar surface area (TPSA) is 62.5 Å². The molecule has 0 aliphatic carbocycles. The molecular weight excluding hydrogens is 388 g/mol. The molecule has 0 saturated carbocycles. The largest absolute Gasteiger partial charge is 0.390 e. The van der Waals surface area contributed by atoms with Crippen molar-refractivity contribution in [3.8, 4) is 0 Å². The minimum atomic E-state index is -4.17. The van der Waals surface area contributed by atoms with Gasteiger partial charge in [0.25, 0.3) is 0 Å². The molecule has 0 atom stereocenters. The average molecular weight is 406 g/mol. The van der Waals surface area contributed by atoms with Gasteiger partial charge in [-0.25, -0.2) is 0 Å². The first-order valence-electron chi connectivity index (χ1n) is 5.90. The maximum Gasteiger partial charge on any atom is 0.390 e. The van der Waals surface area contributed by atoms with Crippen LogP contribution < -0.4 is 10.6 Å². The molecule has 1 rings (SSSR count). The summed E-state index contributed by atoms with van der Waals surface area (Å²) in [5.74, 6) is 0.898. The van der Waals surface area contributed by atoms with Gasteiger partial charge >= 0.3 is 6.18 Å². The maximum absolute atomic E-state index is 12.0. The number of hydrogen-bond acceptors (Lipinski definition) is 3. The predicted molar refractivity (Wildman–Crippen MR) is 80.2 cm³/mol. The highest BCUT2D eigenvalue weighted by Crippen LogP contribution is 2.18. The fourth-order valence-corrected chi connectivity index (χ4v) is 1.32. The van der Waals surface area contributed by atoms with Crippen molar-refractivity contribution >= 4 is 29.9 Å². The number of nitrogens with one attached hydrogen (secondary N) is 2. The number of aliphatic imine (C=N–C) groups is 1. The Morgan fingerprint density at radius 1 is 1.40 bits per heavy atom. The Kier molecular flexibility index (Phi) is 8.58. The number of aromatic nitrogens is 1. The molecule has 9 heteroatoms. The van der Waals surface area contributed by atoms with Crippen molar-refractivity contribution in [1.82, 2.24) is 15.8 Å². The maximum atomic E-state index is 12.0. The van der Waals surface area contributed by atoms with E-state index < -0.39 is 12.6 Å². The van der Waals surface area contributed by atoms with Gasteiger partial charge in [0.2, 0.25) is 0 Å². The van der Waals surface area contributed by atoms with Crippen molar-refractivity contribution in [2.45, 2.75) is 32.5 Å². The lowest BCUT2D eigenvalue weighted by atomic mass is 10.3. The van der Waals surface area contributed by atoms with E-state index in [0.29, 0.717) is 18.3 Å². The predicted octanol–water partition coefficient (Wildman–Crippen LogP) is 2.47. The summed E-state index contributed by atoms with van der Waals surface area (Å²) in [6.45, 7) is 2.05. The van der Waals surface area contributed by atoms with E-state index in [9.17, 15) is 13.2 Å². The lowest BCUT2D eigenvalue weighted by Gasteiger charge is -2.11. The third kappa shape index (κ3) is 7.56. The fraction of sp³-hybridized carbons (Fsp3) is 0.636.